The summed E-state index contributed by atoms with van der Waals surface area (Å²) < 4.78 is 0. The molecule has 0 saturated heterocycles. The van der Waals surface area contributed by atoms with E-state index in [4.69, 9.17) is 0 Å². The zero-order valence-corrected chi connectivity index (χ0v) is 16.0. The summed E-state index contributed by atoms with van der Waals surface area (Å²) in [5.74, 6) is 0.616. The maximum absolute atomic E-state index is 3.76. The van der Waals surface area contributed by atoms with Crippen LogP contribution in [-0.4, -0.2) is 8.07 Å². The van der Waals surface area contributed by atoms with Crippen LogP contribution in [0, 0.1) is 11.6 Å². The molecule has 0 nitrogen and oxygen atoms in total. The third-order valence-electron chi connectivity index (χ3n) is 1.72. The summed E-state index contributed by atoms with van der Waals surface area (Å²) in [6, 6.07) is 0. The fourth-order valence-electron chi connectivity index (χ4n) is 0.804. The van der Waals surface area contributed by atoms with Crippen LogP contribution >= 0.6 is 13.6 Å². The molecule has 0 aromatic heterocycles. The SMILES string of the molecule is C=CC(C)CCC=C=[C-][Si](C)(C)C.[Zn+][Br]. The first kappa shape index (κ1) is 18.0. The summed E-state index contributed by atoms with van der Waals surface area (Å²) >= 11 is 4.25. The van der Waals surface area contributed by atoms with Crippen molar-refractivity contribution in [2.24, 2.45) is 5.92 Å². The zero-order chi connectivity index (χ0) is 12.3. The van der Waals surface area contributed by atoms with Gasteiger partial charge in [-0.15, -0.1) is 6.58 Å². The van der Waals surface area contributed by atoms with Crippen LogP contribution in [0.1, 0.15) is 19.8 Å². The summed E-state index contributed by atoms with van der Waals surface area (Å²) in [4.78, 5) is 0. The first-order chi connectivity index (χ1) is 6.95. The molecule has 0 aliphatic carbocycles. The van der Waals surface area contributed by atoms with Crippen LogP contribution in [0.25, 0.3) is 0 Å². The Kier molecular flexibility index (Phi) is 13.3. The Labute approximate surface area is 113 Å². The Morgan fingerprint density at radius 2 is 2.00 bits per heavy atom. The molecule has 0 radical (unpaired) electrons. The van der Waals surface area contributed by atoms with Crippen LogP contribution in [0.3, 0.4) is 0 Å². The van der Waals surface area contributed by atoms with Gasteiger partial charge in [0.15, 0.2) is 0 Å². The van der Waals surface area contributed by atoms with Crippen molar-refractivity contribution in [1.82, 2.24) is 0 Å². The number of hydrogen-bond acceptors (Lipinski definition) is 0. The summed E-state index contributed by atoms with van der Waals surface area (Å²) in [6.45, 7) is 12.7. The molecule has 1 unspecified atom stereocenters. The van der Waals surface area contributed by atoms with Gasteiger partial charge in [-0.05, 0) is 14.0 Å². The van der Waals surface area contributed by atoms with Crippen molar-refractivity contribution in [2.45, 2.75) is 39.4 Å². The molecular weight excluding hydrogens is 318 g/mol. The van der Waals surface area contributed by atoms with E-state index in [9.17, 15) is 0 Å². The van der Waals surface area contributed by atoms with E-state index in [0.29, 0.717) is 5.92 Å². The maximum atomic E-state index is 3.76. The number of halogens is 1. The fourth-order valence-corrected chi connectivity index (χ4v) is 1.34. The van der Waals surface area contributed by atoms with E-state index in [1.54, 1.807) is 0 Å². The predicted molar refractivity (Wildman–Crippen MR) is 72.2 cm³/mol. The van der Waals surface area contributed by atoms with Crippen molar-refractivity contribution >= 4 is 21.7 Å². The molecule has 3 heteroatoms. The molecule has 0 bridgehead atoms. The van der Waals surface area contributed by atoms with E-state index in [-0.39, 0.29) is 0 Å². The van der Waals surface area contributed by atoms with Gasteiger partial charge in [0.05, 0.1) is 0 Å². The molecule has 0 rings (SSSR count). The molecule has 15 heavy (non-hydrogen) atoms. The van der Waals surface area contributed by atoms with Crippen LogP contribution in [-0.2, 0) is 16.3 Å². The second kappa shape index (κ2) is 11.1. The van der Waals surface area contributed by atoms with E-state index in [0.717, 1.165) is 6.42 Å². The van der Waals surface area contributed by atoms with Crippen molar-refractivity contribution < 1.29 is 16.3 Å². The molecular formula is C12H21BrSiZn. The predicted octanol–water partition coefficient (Wildman–Crippen LogP) is 4.82. The molecule has 0 N–H and O–H groups in total. The molecule has 0 aliphatic rings. The van der Waals surface area contributed by atoms with Crippen LogP contribution in [0.15, 0.2) is 24.5 Å². The van der Waals surface area contributed by atoms with Crippen LogP contribution in [0.4, 0.5) is 0 Å². The number of hydrogen-bond donors (Lipinski definition) is 0. The van der Waals surface area contributed by atoms with Crippen molar-refractivity contribution in [1.29, 1.82) is 0 Å². The second-order valence-corrected chi connectivity index (χ2v) is 9.26. The van der Waals surface area contributed by atoms with Gasteiger partial charge < -0.3 is 5.73 Å². The standard InChI is InChI=1S/C12H21Si.BrH.Zn/c1-6-12(2)10-8-7-9-11-13(3,4)5;;/h6-7,12H,1,8,10H2,2-5H3;1H;/q-1;;+2/p-1. The van der Waals surface area contributed by atoms with E-state index in [1.807, 2.05) is 6.08 Å². The van der Waals surface area contributed by atoms with Crippen LogP contribution < -0.4 is 0 Å². The van der Waals surface area contributed by atoms with Gasteiger partial charge in [-0.2, -0.15) is 6.08 Å². The van der Waals surface area contributed by atoms with Gasteiger partial charge in [-0.3, -0.25) is 0 Å². The quantitative estimate of drug-likeness (QED) is 0.292. The fraction of sp³-hybridized carbons (Fsp3) is 0.583. The van der Waals surface area contributed by atoms with Crippen molar-refractivity contribution in [3.8, 4) is 0 Å². The van der Waals surface area contributed by atoms with Crippen LogP contribution in [0.5, 0.6) is 0 Å². The molecule has 0 aromatic rings. The minimum absolute atomic E-state index is 0.616. The first-order valence-corrected chi connectivity index (χ1v) is 15.6. The van der Waals surface area contributed by atoms with E-state index in [2.05, 4.69) is 64.3 Å². The average molecular weight is 339 g/mol. The van der Waals surface area contributed by atoms with Gasteiger partial charge in [-0.1, -0.05) is 45.5 Å². The molecule has 0 heterocycles. The van der Waals surface area contributed by atoms with Gasteiger partial charge in [0.25, 0.3) is 0 Å². The van der Waals surface area contributed by atoms with E-state index < -0.39 is 8.07 Å². The number of allylic oxidation sites excluding steroid dienone is 2. The van der Waals surface area contributed by atoms with Gasteiger partial charge in [0, 0.05) is 0 Å². The van der Waals surface area contributed by atoms with E-state index >= 15 is 0 Å². The second-order valence-electron chi connectivity index (χ2n) is 4.51. The van der Waals surface area contributed by atoms with Gasteiger partial charge in [0.2, 0.25) is 0 Å². The Morgan fingerprint density at radius 3 is 2.40 bits per heavy atom. The Bertz CT molecular complexity index is 212. The van der Waals surface area contributed by atoms with Crippen LogP contribution in [0.2, 0.25) is 19.6 Å². The minimum atomic E-state index is -1.16. The average Bonchev–Trinajstić information content (AvgIpc) is 2.18. The van der Waals surface area contributed by atoms with E-state index in [1.165, 1.54) is 22.8 Å². The summed E-state index contributed by atoms with van der Waals surface area (Å²) in [6.07, 6.45) is 6.35. The zero-order valence-electron chi connectivity index (χ0n) is 10.4. The van der Waals surface area contributed by atoms with Crippen molar-refractivity contribution in [3.63, 3.8) is 0 Å². The van der Waals surface area contributed by atoms with Gasteiger partial charge in [0.1, 0.15) is 0 Å². The Balaban J connectivity index is 0. The summed E-state index contributed by atoms with van der Waals surface area (Å²) in [5.41, 5.74) is 6.48. The molecule has 82 valence electrons. The molecule has 1 atom stereocenters. The molecule has 0 aliphatic heterocycles. The first-order valence-electron chi connectivity index (χ1n) is 5.19. The summed E-state index contributed by atoms with van der Waals surface area (Å²) in [7, 11) is -1.16. The topological polar surface area (TPSA) is 0 Å². The monoisotopic (exact) mass is 336 g/mol. The van der Waals surface area contributed by atoms with Gasteiger partial charge >= 0.3 is 30.0 Å². The van der Waals surface area contributed by atoms with Crippen molar-refractivity contribution in [2.75, 3.05) is 0 Å². The molecule has 0 fully saturated rings. The van der Waals surface area contributed by atoms with Gasteiger partial charge in [-0.25, -0.2) is 5.70 Å². The molecule has 0 spiro atoms. The number of rotatable bonds is 5. The molecule has 0 amide bonds. The third kappa shape index (κ3) is 17.2. The third-order valence-corrected chi connectivity index (χ3v) is 2.61. The molecule has 0 aromatic carbocycles. The molecule has 0 saturated carbocycles. The Morgan fingerprint density at radius 1 is 1.47 bits per heavy atom. The normalized spacial score (nSPS) is 11.7. The summed E-state index contributed by atoms with van der Waals surface area (Å²) in [5, 5.41) is 0. The Hall–Kier alpha value is 0.580. The van der Waals surface area contributed by atoms with Crippen molar-refractivity contribution in [3.05, 3.63) is 30.2 Å².